The number of rotatable bonds is 3. The number of hydrogen-bond acceptors (Lipinski definition) is 3. The van der Waals surface area contributed by atoms with Crippen molar-refractivity contribution in [1.82, 2.24) is 15.1 Å². The third-order valence-electron chi connectivity index (χ3n) is 5.47. The van der Waals surface area contributed by atoms with E-state index in [2.05, 4.69) is 16.3 Å². The Bertz CT molecular complexity index is 1010. The number of aromatic amines is 1. The first kappa shape index (κ1) is 17.5. The van der Waals surface area contributed by atoms with Gasteiger partial charge in [0.1, 0.15) is 0 Å². The number of H-pyrrole nitrogens is 1. The molecule has 1 aromatic heterocycles. The number of hydrogen-bond donors (Lipinski definition) is 1. The normalized spacial score (nSPS) is 15.3. The molecule has 3 aromatic rings. The zero-order valence-electron chi connectivity index (χ0n) is 15.7. The van der Waals surface area contributed by atoms with Gasteiger partial charge in [-0.3, -0.25) is 14.7 Å². The molecular weight excluding hydrogens is 338 g/mol. The topological polar surface area (TPSA) is 66.1 Å². The number of benzene rings is 2. The third-order valence-corrected chi connectivity index (χ3v) is 5.47. The molecule has 0 aliphatic carbocycles. The van der Waals surface area contributed by atoms with Gasteiger partial charge in [0.15, 0.2) is 11.5 Å². The molecule has 1 saturated heterocycles. The minimum atomic E-state index is -0.0649. The molecule has 0 spiro atoms. The predicted octanol–water partition coefficient (Wildman–Crippen LogP) is 3.91. The smallest absolute Gasteiger partial charge is 0.274 e. The molecule has 1 N–H and O–H groups in total. The number of nitrogens with one attached hydrogen (secondary N) is 1. The number of piperidine rings is 1. The Kier molecular flexibility index (Phi) is 4.52. The van der Waals surface area contributed by atoms with Crippen LogP contribution in [0.3, 0.4) is 0 Å². The number of aryl methyl sites for hydroxylation is 2. The molecule has 27 heavy (non-hydrogen) atoms. The Morgan fingerprint density at radius 2 is 1.81 bits per heavy atom. The second-order valence-electron chi connectivity index (χ2n) is 7.37. The number of nitrogens with zero attached hydrogens (tertiary/aromatic N) is 2. The summed E-state index contributed by atoms with van der Waals surface area (Å²) in [7, 11) is 0. The number of Topliss-reactive ketones (excluding diaryl/α,β-unsaturated/α-hetero) is 1. The maximum Gasteiger partial charge on any atom is 0.274 e. The highest BCUT2D eigenvalue weighted by Gasteiger charge is 2.30. The van der Waals surface area contributed by atoms with Gasteiger partial charge in [-0.25, -0.2) is 0 Å². The summed E-state index contributed by atoms with van der Waals surface area (Å²) < 4.78 is 0. The molecule has 5 heteroatoms. The minimum absolute atomic E-state index is 0.0219. The Balaban J connectivity index is 1.45. The summed E-state index contributed by atoms with van der Waals surface area (Å²) in [4.78, 5) is 27.6. The number of likely N-dealkylation sites (tertiary alicyclic amines) is 1. The number of amides is 1. The Morgan fingerprint density at radius 3 is 2.56 bits per heavy atom. The lowest BCUT2D eigenvalue weighted by Gasteiger charge is -2.31. The highest BCUT2D eigenvalue weighted by atomic mass is 16.2. The van der Waals surface area contributed by atoms with E-state index in [4.69, 9.17) is 0 Å². The van der Waals surface area contributed by atoms with Crippen molar-refractivity contribution < 1.29 is 9.59 Å². The maximum absolute atomic E-state index is 12.9. The molecule has 1 aliphatic heterocycles. The van der Waals surface area contributed by atoms with Crippen LogP contribution in [0, 0.1) is 19.8 Å². The molecule has 0 atom stereocenters. The molecule has 4 rings (SSSR count). The first-order valence-corrected chi connectivity index (χ1v) is 9.38. The van der Waals surface area contributed by atoms with Crippen LogP contribution < -0.4 is 0 Å². The minimum Gasteiger partial charge on any atom is -0.337 e. The van der Waals surface area contributed by atoms with Gasteiger partial charge in [0.05, 0.1) is 5.52 Å². The van der Waals surface area contributed by atoms with Gasteiger partial charge in [-0.1, -0.05) is 42.0 Å². The van der Waals surface area contributed by atoms with Gasteiger partial charge >= 0.3 is 0 Å². The van der Waals surface area contributed by atoms with Crippen LogP contribution in [0.1, 0.15) is 44.8 Å². The largest absolute Gasteiger partial charge is 0.337 e. The molecule has 1 fully saturated rings. The van der Waals surface area contributed by atoms with Crippen LogP contribution in [0.25, 0.3) is 10.9 Å². The molecule has 5 nitrogen and oxygen atoms in total. The van der Waals surface area contributed by atoms with E-state index < -0.39 is 0 Å². The van der Waals surface area contributed by atoms with Crippen molar-refractivity contribution in [1.29, 1.82) is 0 Å². The van der Waals surface area contributed by atoms with E-state index in [0.29, 0.717) is 31.6 Å². The second kappa shape index (κ2) is 6.99. The summed E-state index contributed by atoms with van der Waals surface area (Å²) in [6.45, 7) is 5.19. The van der Waals surface area contributed by atoms with Crippen molar-refractivity contribution in [3.05, 3.63) is 64.8 Å². The SMILES string of the molecule is Cc1ccc(C(=O)C2CCN(C(=O)c3n[nH]c4ccccc34)CC2)c(C)c1. The predicted molar refractivity (Wildman–Crippen MR) is 105 cm³/mol. The van der Waals surface area contributed by atoms with Crippen LogP contribution in [0.2, 0.25) is 0 Å². The van der Waals surface area contributed by atoms with E-state index in [0.717, 1.165) is 27.6 Å². The molecule has 2 aromatic carbocycles. The van der Waals surface area contributed by atoms with E-state index >= 15 is 0 Å². The van der Waals surface area contributed by atoms with Gasteiger partial charge in [0.2, 0.25) is 0 Å². The molecule has 0 unspecified atom stereocenters. The van der Waals surface area contributed by atoms with Gasteiger partial charge in [-0.15, -0.1) is 0 Å². The Morgan fingerprint density at radius 1 is 1.07 bits per heavy atom. The number of carbonyl (C=O) groups excluding carboxylic acids is 2. The van der Waals surface area contributed by atoms with Crippen molar-refractivity contribution in [3.63, 3.8) is 0 Å². The molecule has 0 bridgehead atoms. The maximum atomic E-state index is 12.9. The first-order chi connectivity index (χ1) is 13.0. The van der Waals surface area contributed by atoms with Crippen molar-refractivity contribution in [2.75, 3.05) is 13.1 Å². The molecule has 2 heterocycles. The van der Waals surface area contributed by atoms with Gasteiger partial charge in [-0.05, 0) is 38.3 Å². The number of aromatic nitrogens is 2. The van der Waals surface area contributed by atoms with E-state index in [-0.39, 0.29) is 17.6 Å². The zero-order chi connectivity index (χ0) is 19.0. The highest BCUT2D eigenvalue weighted by Crippen LogP contribution is 2.26. The van der Waals surface area contributed by atoms with Crippen LogP contribution in [-0.2, 0) is 0 Å². The molecule has 1 amide bonds. The van der Waals surface area contributed by atoms with Crippen molar-refractivity contribution in [2.45, 2.75) is 26.7 Å². The lowest BCUT2D eigenvalue weighted by Crippen LogP contribution is -2.40. The van der Waals surface area contributed by atoms with Gasteiger partial charge in [0.25, 0.3) is 5.91 Å². The van der Waals surface area contributed by atoms with Crippen molar-refractivity contribution >= 4 is 22.6 Å². The number of carbonyl (C=O) groups is 2. The first-order valence-electron chi connectivity index (χ1n) is 9.38. The second-order valence-corrected chi connectivity index (χ2v) is 7.37. The standard InChI is InChI=1S/C22H23N3O2/c1-14-7-8-17(15(2)13-14)21(26)16-9-11-25(12-10-16)22(27)20-18-5-3-4-6-19(18)23-24-20/h3-8,13,16H,9-12H2,1-2H3,(H,23,24). The van der Waals surface area contributed by atoms with E-state index in [1.54, 1.807) is 0 Å². The molecule has 0 radical (unpaired) electrons. The fourth-order valence-corrected chi connectivity index (χ4v) is 3.93. The van der Waals surface area contributed by atoms with Crippen LogP contribution in [0.4, 0.5) is 0 Å². The Hall–Kier alpha value is -2.95. The third kappa shape index (κ3) is 3.25. The lowest BCUT2D eigenvalue weighted by molar-refractivity contribution is 0.0647. The molecule has 0 saturated carbocycles. The molecule has 138 valence electrons. The number of fused-ring (bicyclic) bond motifs is 1. The van der Waals surface area contributed by atoms with Gasteiger partial charge in [0, 0.05) is 30.0 Å². The molecular formula is C22H23N3O2. The highest BCUT2D eigenvalue weighted by molar-refractivity contribution is 6.05. The van der Waals surface area contributed by atoms with Crippen molar-refractivity contribution in [2.24, 2.45) is 5.92 Å². The zero-order valence-corrected chi connectivity index (χ0v) is 15.7. The van der Waals surface area contributed by atoms with Gasteiger partial charge < -0.3 is 4.90 Å². The van der Waals surface area contributed by atoms with E-state index in [1.807, 2.05) is 55.1 Å². The quantitative estimate of drug-likeness (QED) is 0.719. The average Bonchev–Trinajstić information content (AvgIpc) is 3.11. The molecule has 1 aliphatic rings. The average molecular weight is 361 g/mol. The fraction of sp³-hybridized carbons (Fsp3) is 0.318. The fourth-order valence-electron chi connectivity index (χ4n) is 3.93. The van der Waals surface area contributed by atoms with E-state index in [1.165, 1.54) is 0 Å². The van der Waals surface area contributed by atoms with Gasteiger partial charge in [-0.2, -0.15) is 5.10 Å². The summed E-state index contributed by atoms with van der Waals surface area (Å²) in [6, 6.07) is 13.6. The summed E-state index contributed by atoms with van der Waals surface area (Å²) in [5.41, 5.74) is 4.33. The van der Waals surface area contributed by atoms with Crippen molar-refractivity contribution in [3.8, 4) is 0 Å². The summed E-state index contributed by atoms with van der Waals surface area (Å²) in [5.74, 6) is 0.112. The lowest BCUT2D eigenvalue weighted by atomic mass is 9.87. The van der Waals surface area contributed by atoms with Crippen LogP contribution in [0.5, 0.6) is 0 Å². The van der Waals surface area contributed by atoms with Crippen LogP contribution >= 0.6 is 0 Å². The number of ketones is 1. The van der Waals surface area contributed by atoms with E-state index in [9.17, 15) is 9.59 Å². The Labute approximate surface area is 158 Å². The summed E-state index contributed by atoms with van der Waals surface area (Å²) in [5, 5.41) is 7.97. The van der Waals surface area contributed by atoms with Crippen LogP contribution in [0.15, 0.2) is 42.5 Å². The number of para-hydroxylation sites is 1. The van der Waals surface area contributed by atoms with Crippen LogP contribution in [-0.4, -0.2) is 39.9 Å². The monoisotopic (exact) mass is 361 g/mol. The summed E-state index contributed by atoms with van der Waals surface area (Å²) in [6.07, 6.45) is 1.39. The summed E-state index contributed by atoms with van der Waals surface area (Å²) >= 11 is 0.